The highest BCUT2D eigenvalue weighted by atomic mass is 16.5. The third-order valence-electron chi connectivity index (χ3n) is 5.30. The number of likely N-dealkylation sites (tertiary alicyclic amines) is 1. The van der Waals surface area contributed by atoms with Crippen LogP contribution < -0.4 is 5.32 Å². The Hall–Kier alpha value is -2.84. The first kappa shape index (κ1) is 19.9. The van der Waals surface area contributed by atoms with Crippen molar-refractivity contribution < 1.29 is 28.3 Å². The second kappa shape index (κ2) is 8.90. The van der Waals surface area contributed by atoms with Crippen molar-refractivity contribution in [1.82, 2.24) is 15.1 Å². The first-order chi connectivity index (χ1) is 13.5. The summed E-state index contributed by atoms with van der Waals surface area (Å²) in [6.07, 6.45) is 3.84. The van der Waals surface area contributed by atoms with Gasteiger partial charge in [-0.05, 0) is 37.3 Å². The number of urea groups is 1. The lowest BCUT2D eigenvalue weighted by Crippen LogP contribution is -2.40. The van der Waals surface area contributed by atoms with Crippen LogP contribution in [0.3, 0.4) is 0 Å². The van der Waals surface area contributed by atoms with Gasteiger partial charge in [-0.1, -0.05) is 0 Å². The fraction of sp³-hybridized carbons (Fsp3) is 0.579. The third-order valence-corrected chi connectivity index (χ3v) is 5.30. The Kier molecular flexibility index (Phi) is 6.33. The van der Waals surface area contributed by atoms with Crippen molar-refractivity contribution in [3.63, 3.8) is 0 Å². The lowest BCUT2D eigenvalue weighted by Gasteiger charge is -2.31. The van der Waals surface area contributed by atoms with Gasteiger partial charge in [0.25, 0.3) is 5.91 Å². The van der Waals surface area contributed by atoms with Crippen LogP contribution in [-0.2, 0) is 25.7 Å². The van der Waals surface area contributed by atoms with Crippen LogP contribution in [0.15, 0.2) is 22.8 Å². The molecule has 1 N–H and O–H groups in total. The number of methoxy groups -OCH3 is 1. The first-order valence-electron chi connectivity index (χ1n) is 9.46. The summed E-state index contributed by atoms with van der Waals surface area (Å²) >= 11 is 0. The predicted molar refractivity (Wildman–Crippen MR) is 96.7 cm³/mol. The number of nitrogens with zero attached hydrogens (tertiary/aromatic N) is 2. The lowest BCUT2D eigenvalue weighted by atomic mass is 9.93. The maximum absolute atomic E-state index is 12.4. The molecule has 2 aliphatic rings. The van der Waals surface area contributed by atoms with Crippen LogP contribution in [0.1, 0.15) is 37.9 Å². The molecule has 1 atom stereocenters. The zero-order chi connectivity index (χ0) is 20.1. The van der Waals surface area contributed by atoms with E-state index in [9.17, 15) is 19.2 Å². The number of hydrogen-bond acceptors (Lipinski definition) is 6. The van der Waals surface area contributed by atoms with E-state index < -0.39 is 12.1 Å². The Bertz CT molecular complexity index is 724. The molecule has 0 aromatic carbocycles. The molecule has 1 aromatic heterocycles. The largest absolute Gasteiger partial charge is 0.469 e. The van der Waals surface area contributed by atoms with Gasteiger partial charge in [0.15, 0.2) is 0 Å². The van der Waals surface area contributed by atoms with Gasteiger partial charge in [0, 0.05) is 25.9 Å². The summed E-state index contributed by atoms with van der Waals surface area (Å²) in [7, 11) is 1.37. The predicted octanol–water partition coefficient (Wildman–Crippen LogP) is 1.28. The molecule has 1 aromatic rings. The van der Waals surface area contributed by atoms with Gasteiger partial charge in [0.05, 0.1) is 19.9 Å². The molecule has 9 heteroatoms. The number of nitrogens with one attached hydrogen (secondary N) is 1. The lowest BCUT2D eigenvalue weighted by molar-refractivity contribution is -0.142. The summed E-state index contributed by atoms with van der Waals surface area (Å²) in [6.45, 7) is 1.27. The normalized spacial score (nSPS) is 20.4. The van der Waals surface area contributed by atoms with Crippen LogP contribution in [-0.4, -0.2) is 59.9 Å². The summed E-state index contributed by atoms with van der Waals surface area (Å²) in [5.74, 6) is 0.158. The maximum Gasteiger partial charge on any atom is 0.325 e. The monoisotopic (exact) mass is 391 g/mol. The smallest absolute Gasteiger partial charge is 0.325 e. The summed E-state index contributed by atoms with van der Waals surface area (Å²) < 4.78 is 9.87. The molecule has 2 saturated heterocycles. The van der Waals surface area contributed by atoms with Gasteiger partial charge < -0.3 is 19.4 Å². The minimum absolute atomic E-state index is 0.0388. The SMILES string of the molecule is COC(=O)CC1CCN(C(=O)CCC2NC(=O)N(Cc3ccco3)C2=O)CC1. The van der Waals surface area contributed by atoms with Crippen LogP contribution >= 0.6 is 0 Å². The zero-order valence-electron chi connectivity index (χ0n) is 15.9. The van der Waals surface area contributed by atoms with E-state index in [2.05, 4.69) is 10.1 Å². The molecule has 4 amide bonds. The van der Waals surface area contributed by atoms with E-state index in [1.165, 1.54) is 13.4 Å². The van der Waals surface area contributed by atoms with Crippen molar-refractivity contribution in [2.75, 3.05) is 20.2 Å². The highest BCUT2D eigenvalue weighted by molar-refractivity contribution is 6.04. The van der Waals surface area contributed by atoms with E-state index >= 15 is 0 Å². The number of carbonyl (C=O) groups excluding carboxylic acids is 4. The van der Waals surface area contributed by atoms with Crippen molar-refractivity contribution >= 4 is 23.8 Å². The van der Waals surface area contributed by atoms with Crippen LogP contribution in [0.2, 0.25) is 0 Å². The van der Waals surface area contributed by atoms with Crippen molar-refractivity contribution in [3.05, 3.63) is 24.2 Å². The number of carbonyl (C=O) groups is 4. The van der Waals surface area contributed by atoms with Gasteiger partial charge in [0.2, 0.25) is 5.91 Å². The van der Waals surface area contributed by atoms with Crippen LogP contribution in [0, 0.1) is 5.92 Å². The van der Waals surface area contributed by atoms with Gasteiger partial charge in [-0.2, -0.15) is 0 Å². The quantitative estimate of drug-likeness (QED) is 0.554. The Morgan fingerprint density at radius 3 is 2.68 bits per heavy atom. The third kappa shape index (κ3) is 4.71. The average Bonchev–Trinajstić information content (AvgIpc) is 3.30. The number of hydrogen-bond donors (Lipinski definition) is 1. The molecule has 2 fully saturated rings. The summed E-state index contributed by atoms with van der Waals surface area (Å²) in [5.41, 5.74) is 0. The van der Waals surface area contributed by atoms with Crippen molar-refractivity contribution in [1.29, 1.82) is 0 Å². The van der Waals surface area contributed by atoms with E-state index in [0.29, 0.717) is 25.3 Å². The minimum Gasteiger partial charge on any atom is -0.469 e. The zero-order valence-corrected chi connectivity index (χ0v) is 15.9. The fourth-order valence-corrected chi connectivity index (χ4v) is 3.61. The van der Waals surface area contributed by atoms with Gasteiger partial charge in [-0.25, -0.2) is 4.79 Å². The topological polar surface area (TPSA) is 109 Å². The Morgan fingerprint density at radius 2 is 2.04 bits per heavy atom. The van der Waals surface area contributed by atoms with E-state index in [-0.39, 0.29) is 43.1 Å². The Labute approximate surface area is 163 Å². The number of imide groups is 1. The molecule has 0 aliphatic carbocycles. The Morgan fingerprint density at radius 1 is 1.29 bits per heavy atom. The van der Waals surface area contributed by atoms with Gasteiger partial charge in [-0.3, -0.25) is 19.3 Å². The van der Waals surface area contributed by atoms with E-state index in [0.717, 1.165) is 17.7 Å². The van der Waals surface area contributed by atoms with Gasteiger partial charge in [0.1, 0.15) is 11.8 Å². The van der Waals surface area contributed by atoms with Gasteiger partial charge in [-0.15, -0.1) is 0 Å². The van der Waals surface area contributed by atoms with Crippen LogP contribution in [0.4, 0.5) is 4.79 Å². The van der Waals surface area contributed by atoms with E-state index in [1.807, 2.05) is 0 Å². The highest BCUT2D eigenvalue weighted by Crippen LogP contribution is 2.22. The first-order valence-corrected chi connectivity index (χ1v) is 9.46. The molecular weight excluding hydrogens is 366 g/mol. The van der Waals surface area contributed by atoms with Crippen molar-refractivity contribution in [3.8, 4) is 0 Å². The molecule has 0 bridgehead atoms. The molecule has 0 spiro atoms. The average molecular weight is 391 g/mol. The molecule has 9 nitrogen and oxygen atoms in total. The molecule has 152 valence electrons. The number of rotatable bonds is 7. The summed E-state index contributed by atoms with van der Waals surface area (Å²) in [4.78, 5) is 51.1. The highest BCUT2D eigenvalue weighted by Gasteiger charge is 2.38. The molecule has 2 aliphatic heterocycles. The maximum atomic E-state index is 12.4. The second-order valence-corrected chi connectivity index (χ2v) is 7.15. The molecular formula is C19H25N3O6. The molecule has 28 heavy (non-hydrogen) atoms. The van der Waals surface area contributed by atoms with Crippen molar-refractivity contribution in [2.24, 2.45) is 5.92 Å². The standard InChI is InChI=1S/C19H25N3O6/c1-27-17(24)11-13-6-8-21(9-7-13)16(23)5-4-15-18(25)22(19(26)20-15)12-14-3-2-10-28-14/h2-3,10,13,15H,4-9,11-12H2,1H3,(H,20,26). The molecule has 0 radical (unpaired) electrons. The number of ether oxygens (including phenoxy) is 1. The number of piperidine rings is 1. The molecule has 3 heterocycles. The number of amides is 4. The molecule has 1 unspecified atom stereocenters. The number of furan rings is 1. The van der Waals surface area contributed by atoms with Crippen LogP contribution in [0.5, 0.6) is 0 Å². The minimum atomic E-state index is -0.691. The van der Waals surface area contributed by atoms with E-state index in [4.69, 9.17) is 4.42 Å². The number of esters is 1. The molecule has 0 saturated carbocycles. The van der Waals surface area contributed by atoms with Gasteiger partial charge >= 0.3 is 12.0 Å². The molecule has 3 rings (SSSR count). The Balaban J connectivity index is 1.43. The van der Waals surface area contributed by atoms with Crippen molar-refractivity contribution in [2.45, 2.75) is 44.7 Å². The second-order valence-electron chi connectivity index (χ2n) is 7.15. The fourth-order valence-electron chi connectivity index (χ4n) is 3.61. The van der Waals surface area contributed by atoms with E-state index in [1.54, 1.807) is 17.0 Å². The van der Waals surface area contributed by atoms with Crippen LogP contribution in [0.25, 0.3) is 0 Å². The summed E-state index contributed by atoms with van der Waals surface area (Å²) in [5, 5.41) is 2.63. The summed E-state index contributed by atoms with van der Waals surface area (Å²) in [6, 6.07) is 2.23.